The summed E-state index contributed by atoms with van der Waals surface area (Å²) < 4.78 is 16.7. The summed E-state index contributed by atoms with van der Waals surface area (Å²) in [6, 6.07) is 6.95. The van der Waals surface area contributed by atoms with Gasteiger partial charge in [-0.25, -0.2) is 4.98 Å². The minimum Gasteiger partial charge on any atom is -0.494 e. The molecule has 1 saturated heterocycles. The summed E-state index contributed by atoms with van der Waals surface area (Å²) in [5.74, 6) is 0.848. The number of nitrogens with one attached hydrogen (secondary N) is 2. The van der Waals surface area contributed by atoms with Crippen molar-refractivity contribution in [3.05, 3.63) is 57.0 Å². The van der Waals surface area contributed by atoms with Gasteiger partial charge in [-0.2, -0.15) is 0 Å². The summed E-state index contributed by atoms with van der Waals surface area (Å²) in [5.41, 5.74) is 4.05. The Morgan fingerprint density at radius 2 is 2.03 bits per heavy atom. The van der Waals surface area contributed by atoms with Crippen LogP contribution >= 0.6 is 0 Å². The third-order valence-electron chi connectivity index (χ3n) is 6.18. The van der Waals surface area contributed by atoms with Crippen molar-refractivity contribution >= 4 is 28.3 Å². The van der Waals surface area contributed by atoms with Crippen LogP contribution in [0.1, 0.15) is 40.2 Å². The third kappa shape index (κ3) is 3.94. The molecule has 9 heteroatoms. The predicted octanol–water partition coefficient (Wildman–Crippen LogP) is 2.92. The number of amides is 1. The molecule has 2 aliphatic heterocycles. The number of pyridine rings is 2. The van der Waals surface area contributed by atoms with Crippen molar-refractivity contribution in [3.8, 4) is 5.75 Å². The van der Waals surface area contributed by atoms with Crippen molar-refractivity contribution in [3.63, 3.8) is 0 Å². The molecule has 0 aliphatic carbocycles. The second-order valence-corrected chi connectivity index (χ2v) is 8.32. The molecular formula is C24H26N4O5. The van der Waals surface area contributed by atoms with Crippen LogP contribution in [0.4, 0.5) is 11.5 Å². The van der Waals surface area contributed by atoms with Gasteiger partial charge in [-0.05, 0) is 31.5 Å². The molecule has 5 rings (SSSR count). The maximum Gasteiger partial charge on any atom is 0.259 e. The van der Waals surface area contributed by atoms with E-state index in [0.29, 0.717) is 61.2 Å². The Hall–Kier alpha value is -3.43. The molecule has 172 valence electrons. The summed E-state index contributed by atoms with van der Waals surface area (Å²) in [6.45, 7) is 6.76. The number of methoxy groups -OCH3 is 1. The first kappa shape index (κ1) is 21.4. The van der Waals surface area contributed by atoms with Gasteiger partial charge in [0.15, 0.2) is 0 Å². The van der Waals surface area contributed by atoms with Crippen LogP contribution in [0.3, 0.4) is 0 Å². The van der Waals surface area contributed by atoms with Crippen molar-refractivity contribution in [1.29, 1.82) is 0 Å². The number of carbonyl (C=O) groups excluding carboxylic acids is 1. The molecule has 4 heterocycles. The van der Waals surface area contributed by atoms with Gasteiger partial charge in [0, 0.05) is 41.9 Å². The van der Waals surface area contributed by atoms with Crippen LogP contribution in [-0.2, 0) is 16.1 Å². The van der Waals surface area contributed by atoms with Crippen molar-refractivity contribution in [2.45, 2.75) is 26.6 Å². The van der Waals surface area contributed by atoms with Gasteiger partial charge in [-0.1, -0.05) is 0 Å². The van der Waals surface area contributed by atoms with E-state index in [9.17, 15) is 9.59 Å². The predicted molar refractivity (Wildman–Crippen MR) is 124 cm³/mol. The highest BCUT2D eigenvalue weighted by atomic mass is 16.5. The van der Waals surface area contributed by atoms with E-state index < -0.39 is 0 Å². The molecule has 2 aromatic heterocycles. The van der Waals surface area contributed by atoms with E-state index in [1.54, 1.807) is 6.07 Å². The van der Waals surface area contributed by atoms with Crippen molar-refractivity contribution in [2.75, 3.05) is 43.6 Å². The number of H-pyrrole nitrogens is 1. The van der Waals surface area contributed by atoms with E-state index in [1.807, 2.05) is 26.0 Å². The number of ether oxygens (including phenoxy) is 3. The fraction of sp³-hybridized carbons (Fsp3) is 0.375. The van der Waals surface area contributed by atoms with E-state index in [4.69, 9.17) is 19.2 Å². The number of rotatable bonds is 4. The molecule has 1 atom stereocenters. The molecule has 2 aliphatic rings. The summed E-state index contributed by atoms with van der Waals surface area (Å²) in [5, 5.41) is 3.80. The highest BCUT2D eigenvalue weighted by molar-refractivity contribution is 6.09. The number of aryl methyl sites for hydroxylation is 1. The fourth-order valence-corrected chi connectivity index (χ4v) is 4.42. The van der Waals surface area contributed by atoms with E-state index in [-0.39, 0.29) is 17.6 Å². The molecule has 0 spiro atoms. The Bertz CT molecular complexity index is 1300. The lowest BCUT2D eigenvalue weighted by Gasteiger charge is -2.29. The number of anilines is 2. The second-order valence-electron chi connectivity index (χ2n) is 8.32. The number of morpholine rings is 1. The van der Waals surface area contributed by atoms with Gasteiger partial charge in [0.1, 0.15) is 11.6 Å². The zero-order valence-corrected chi connectivity index (χ0v) is 18.9. The number of aromatic nitrogens is 2. The molecule has 1 fully saturated rings. The first-order chi connectivity index (χ1) is 15.9. The van der Waals surface area contributed by atoms with Gasteiger partial charge in [-0.3, -0.25) is 9.59 Å². The number of carbonyl (C=O) groups is 1. The topological polar surface area (TPSA) is 106 Å². The molecule has 0 saturated carbocycles. The van der Waals surface area contributed by atoms with Crippen molar-refractivity contribution in [2.24, 2.45) is 0 Å². The molecule has 1 amide bonds. The van der Waals surface area contributed by atoms with Gasteiger partial charge in [0.2, 0.25) is 5.56 Å². The number of benzene rings is 1. The van der Waals surface area contributed by atoms with Crippen LogP contribution in [0.5, 0.6) is 5.75 Å². The van der Waals surface area contributed by atoms with E-state index >= 15 is 0 Å². The Morgan fingerprint density at radius 3 is 2.79 bits per heavy atom. The van der Waals surface area contributed by atoms with Gasteiger partial charge in [0.25, 0.3) is 5.91 Å². The van der Waals surface area contributed by atoms with Gasteiger partial charge in [0.05, 0.1) is 49.8 Å². The zero-order chi connectivity index (χ0) is 23.1. The summed E-state index contributed by atoms with van der Waals surface area (Å²) in [7, 11) is 1.53. The number of fused-ring (bicyclic) bond motifs is 2. The standard InChI is InChI=1S/C24H26N4O5/c1-13-8-21(29)27-22-16(13)9-15(10-20(22)31-3)25-24(30)18-11-17-14(2)33-12-19(17)26-23(18)28-4-6-32-7-5-28/h8-11,14H,4-7,12H2,1-3H3,(H,25,30)(H,27,29). The van der Waals surface area contributed by atoms with Crippen LogP contribution < -0.4 is 20.5 Å². The van der Waals surface area contributed by atoms with Crippen LogP contribution in [0.15, 0.2) is 29.1 Å². The zero-order valence-electron chi connectivity index (χ0n) is 18.9. The lowest BCUT2D eigenvalue weighted by atomic mass is 10.1. The maximum atomic E-state index is 13.5. The van der Waals surface area contributed by atoms with Crippen LogP contribution in [0, 0.1) is 6.92 Å². The minimum atomic E-state index is -0.269. The van der Waals surface area contributed by atoms with Crippen LogP contribution in [-0.4, -0.2) is 49.3 Å². The monoisotopic (exact) mass is 450 g/mol. The van der Waals surface area contributed by atoms with E-state index in [0.717, 1.165) is 22.2 Å². The molecule has 33 heavy (non-hydrogen) atoms. The number of hydrogen-bond acceptors (Lipinski definition) is 7. The highest BCUT2D eigenvalue weighted by Crippen LogP contribution is 2.34. The highest BCUT2D eigenvalue weighted by Gasteiger charge is 2.28. The third-order valence-corrected chi connectivity index (χ3v) is 6.18. The average molecular weight is 450 g/mol. The second kappa shape index (κ2) is 8.49. The molecule has 0 radical (unpaired) electrons. The van der Waals surface area contributed by atoms with Gasteiger partial charge < -0.3 is 29.4 Å². The summed E-state index contributed by atoms with van der Waals surface area (Å²) in [6.07, 6.45) is -0.113. The smallest absolute Gasteiger partial charge is 0.259 e. The van der Waals surface area contributed by atoms with Gasteiger partial charge >= 0.3 is 0 Å². The Labute approximate surface area is 190 Å². The lowest BCUT2D eigenvalue weighted by Crippen LogP contribution is -2.38. The average Bonchev–Trinajstić information content (AvgIpc) is 3.18. The Balaban J connectivity index is 1.55. The number of nitrogens with zero attached hydrogens (tertiary/aromatic N) is 2. The fourth-order valence-electron chi connectivity index (χ4n) is 4.42. The summed E-state index contributed by atoms with van der Waals surface area (Å²) >= 11 is 0. The quantitative estimate of drug-likeness (QED) is 0.630. The minimum absolute atomic E-state index is 0.113. The lowest BCUT2D eigenvalue weighted by molar-refractivity contribution is 0.0786. The largest absolute Gasteiger partial charge is 0.494 e. The van der Waals surface area contributed by atoms with Crippen molar-refractivity contribution in [1.82, 2.24) is 9.97 Å². The molecule has 2 N–H and O–H groups in total. The Morgan fingerprint density at radius 1 is 1.24 bits per heavy atom. The van der Waals surface area contributed by atoms with E-state index in [2.05, 4.69) is 15.2 Å². The van der Waals surface area contributed by atoms with E-state index in [1.165, 1.54) is 13.2 Å². The SMILES string of the molecule is COc1cc(NC(=O)c2cc3c(nc2N2CCOCC2)COC3C)cc2c(C)cc(=O)[nH]c12. The molecule has 1 unspecified atom stereocenters. The maximum absolute atomic E-state index is 13.5. The molecular weight excluding hydrogens is 424 g/mol. The van der Waals surface area contributed by atoms with Crippen molar-refractivity contribution < 1.29 is 19.0 Å². The summed E-state index contributed by atoms with van der Waals surface area (Å²) in [4.78, 5) is 35.1. The first-order valence-electron chi connectivity index (χ1n) is 11.0. The number of hydrogen-bond donors (Lipinski definition) is 2. The first-order valence-corrected chi connectivity index (χ1v) is 11.0. The normalized spacial score (nSPS) is 17.8. The molecule has 0 bridgehead atoms. The Kier molecular flexibility index (Phi) is 5.51. The number of aromatic amines is 1. The molecule has 1 aromatic carbocycles. The molecule has 9 nitrogen and oxygen atoms in total. The van der Waals surface area contributed by atoms with Gasteiger partial charge in [-0.15, -0.1) is 0 Å². The van der Waals surface area contributed by atoms with Crippen LogP contribution in [0.25, 0.3) is 10.9 Å². The van der Waals surface area contributed by atoms with Crippen LogP contribution in [0.2, 0.25) is 0 Å². The molecule has 3 aromatic rings.